The maximum atomic E-state index is 6.03. The minimum Gasteiger partial charge on any atom is -0.486 e. The molecule has 0 fully saturated rings. The molecule has 4 rings (SSSR count). The van der Waals surface area contributed by atoms with Gasteiger partial charge in [-0.25, -0.2) is 9.97 Å². The van der Waals surface area contributed by atoms with Crippen molar-refractivity contribution in [3.63, 3.8) is 0 Å². The molecular formula is C19H21N5O2. The van der Waals surface area contributed by atoms with Crippen molar-refractivity contribution >= 4 is 5.95 Å². The molecule has 7 heteroatoms. The fourth-order valence-electron chi connectivity index (χ4n) is 3.07. The van der Waals surface area contributed by atoms with Crippen LogP contribution >= 0.6 is 0 Å². The number of nitrogens with zero attached hydrogens (tertiary/aromatic N) is 5. The van der Waals surface area contributed by atoms with Gasteiger partial charge in [-0.1, -0.05) is 12.1 Å². The third kappa shape index (κ3) is 3.20. The fraction of sp³-hybridized carbons (Fsp3) is 0.316. The third-order valence-electron chi connectivity index (χ3n) is 4.32. The number of hydrogen-bond acceptors (Lipinski definition) is 6. The van der Waals surface area contributed by atoms with Crippen LogP contribution in [0.3, 0.4) is 0 Å². The molecule has 0 saturated carbocycles. The number of likely N-dealkylation sites (N-methyl/N-ethyl adjacent to an activating group) is 1. The molecule has 1 unspecified atom stereocenters. The van der Waals surface area contributed by atoms with E-state index in [-0.39, 0.29) is 6.10 Å². The molecule has 26 heavy (non-hydrogen) atoms. The molecule has 0 saturated heterocycles. The van der Waals surface area contributed by atoms with Gasteiger partial charge in [0.05, 0.1) is 17.9 Å². The number of ether oxygens (including phenoxy) is 2. The van der Waals surface area contributed by atoms with E-state index >= 15 is 0 Å². The van der Waals surface area contributed by atoms with Crippen LogP contribution in [0.1, 0.15) is 5.69 Å². The van der Waals surface area contributed by atoms with E-state index in [0.29, 0.717) is 19.1 Å². The van der Waals surface area contributed by atoms with Gasteiger partial charge < -0.3 is 14.4 Å². The van der Waals surface area contributed by atoms with E-state index in [9.17, 15) is 0 Å². The van der Waals surface area contributed by atoms with E-state index in [1.165, 1.54) is 0 Å². The molecule has 0 amide bonds. The quantitative estimate of drug-likeness (QED) is 0.719. The van der Waals surface area contributed by atoms with Gasteiger partial charge in [0.2, 0.25) is 5.95 Å². The van der Waals surface area contributed by atoms with E-state index < -0.39 is 0 Å². The highest BCUT2D eigenvalue weighted by Gasteiger charge is 2.23. The predicted molar refractivity (Wildman–Crippen MR) is 98.6 cm³/mol. The maximum Gasteiger partial charge on any atom is 0.225 e. The van der Waals surface area contributed by atoms with Gasteiger partial charge in [-0.05, 0) is 25.1 Å². The Labute approximate surface area is 152 Å². The number of fused-ring (bicyclic) bond motifs is 1. The second-order valence-corrected chi connectivity index (χ2v) is 6.42. The van der Waals surface area contributed by atoms with E-state index in [1.54, 1.807) is 10.9 Å². The molecule has 1 aliphatic rings. The predicted octanol–water partition coefficient (Wildman–Crippen LogP) is 2.46. The van der Waals surface area contributed by atoms with Gasteiger partial charge in [-0.3, -0.25) is 4.68 Å². The van der Waals surface area contributed by atoms with Crippen LogP contribution in [0.2, 0.25) is 0 Å². The number of rotatable bonds is 4. The van der Waals surface area contributed by atoms with Crippen LogP contribution < -0.4 is 14.4 Å². The summed E-state index contributed by atoms with van der Waals surface area (Å²) >= 11 is 0. The van der Waals surface area contributed by atoms with Crippen molar-refractivity contribution in [3.05, 3.63) is 48.4 Å². The van der Waals surface area contributed by atoms with Gasteiger partial charge in [0.1, 0.15) is 6.61 Å². The van der Waals surface area contributed by atoms with Crippen LogP contribution in [0.5, 0.6) is 11.5 Å². The summed E-state index contributed by atoms with van der Waals surface area (Å²) < 4.78 is 13.6. The van der Waals surface area contributed by atoms with Crippen LogP contribution in [0, 0.1) is 6.92 Å². The monoisotopic (exact) mass is 351 g/mol. The van der Waals surface area contributed by atoms with Crippen LogP contribution in [-0.4, -0.2) is 46.1 Å². The highest BCUT2D eigenvalue weighted by Crippen LogP contribution is 2.31. The molecule has 1 atom stereocenters. The van der Waals surface area contributed by atoms with Gasteiger partial charge in [-0.15, -0.1) is 0 Å². The summed E-state index contributed by atoms with van der Waals surface area (Å²) in [6.07, 6.45) is 3.66. The van der Waals surface area contributed by atoms with Crippen molar-refractivity contribution in [3.8, 4) is 22.8 Å². The largest absolute Gasteiger partial charge is 0.486 e. The standard InChI is InChI=1S/C19H21N5O2/c1-13-15(11-24(3)22-13)16-8-9-20-19(21-16)23(2)10-14-12-25-17-6-4-5-7-18(17)26-14/h4-9,11,14H,10,12H2,1-3H3. The maximum absolute atomic E-state index is 6.03. The lowest BCUT2D eigenvalue weighted by atomic mass is 10.2. The number of aromatic nitrogens is 4. The molecule has 134 valence electrons. The Hall–Kier alpha value is -3.09. The average molecular weight is 351 g/mol. The van der Waals surface area contributed by atoms with E-state index in [2.05, 4.69) is 10.1 Å². The summed E-state index contributed by atoms with van der Waals surface area (Å²) in [5.74, 6) is 2.21. The van der Waals surface area contributed by atoms with Crippen LogP contribution in [0.25, 0.3) is 11.3 Å². The first-order valence-corrected chi connectivity index (χ1v) is 8.53. The lowest BCUT2D eigenvalue weighted by Crippen LogP contribution is -2.40. The lowest BCUT2D eigenvalue weighted by molar-refractivity contribution is 0.0958. The van der Waals surface area contributed by atoms with E-state index in [4.69, 9.17) is 14.5 Å². The van der Waals surface area contributed by atoms with Crippen molar-refractivity contribution in [2.45, 2.75) is 13.0 Å². The normalized spacial score (nSPS) is 15.7. The summed E-state index contributed by atoms with van der Waals surface area (Å²) in [6, 6.07) is 9.62. The number of hydrogen-bond donors (Lipinski definition) is 0. The summed E-state index contributed by atoms with van der Waals surface area (Å²) in [4.78, 5) is 11.1. The van der Waals surface area contributed by atoms with E-state index in [0.717, 1.165) is 28.5 Å². The van der Waals surface area contributed by atoms with Gasteiger partial charge in [0.25, 0.3) is 0 Å². The minimum atomic E-state index is -0.0812. The van der Waals surface area contributed by atoms with Gasteiger partial charge >= 0.3 is 0 Å². The summed E-state index contributed by atoms with van der Waals surface area (Å²) in [7, 11) is 3.86. The Kier molecular flexibility index (Phi) is 4.20. The van der Waals surface area contributed by atoms with Gasteiger partial charge in [0, 0.05) is 32.1 Å². The molecule has 7 nitrogen and oxygen atoms in total. The lowest BCUT2D eigenvalue weighted by Gasteiger charge is -2.29. The Bertz CT molecular complexity index is 924. The Morgan fingerprint density at radius 1 is 1.23 bits per heavy atom. The summed E-state index contributed by atoms with van der Waals surface area (Å²) in [6.45, 7) is 3.11. The smallest absolute Gasteiger partial charge is 0.225 e. The molecular weight excluding hydrogens is 330 g/mol. The van der Waals surface area contributed by atoms with Crippen LogP contribution in [0.15, 0.2) is 42.7 Å². The molecule has 1 aliphatic heterocycles. The Balaban J connectivity index is 1.50. The number of para-hydroxylation sites is 2. The summed E-state index contributed by atoms with van der Waals surface area (Å²) in [5, 5.41) is 4.38. The molecule has 0 bridgehead atoms. The Morgan fingerprint density at radius 3 is 2.81 bits per heavy atom. The van der Waals surface area contributed by atoms with Crippen LogP contribution in [-0.2, 0) is 7.05 Å². The highest BCUT2D eigenvalue weighted by molar-refractivity contribution is 5.61. The highest BCUT2D eigenvalue weighted by atomic mass is 16.6. The minimum absolute atomic E-state index is 0.0812. The van der Waals surface area contributed by atoms with Gasteiger partial charge in [-0.2, -0.15) is 5.10 Å². The zero-order valence-electron chi connectivity index (χ0n) is 15.1. The third-order valence-corrected chi connectivity index (χ3v) is 4.32. The first-order valence-electron chi connectivity index (χ1n) is 8.53. The Morgan fingerprint density at radius 2 is 2.04 bits per heavy atom. The fourth-order valence-corrected chi connectivity index (χ4v) is 3.07. The van der Waals surface area contributed by atoms with Crippen LogP contribution in [0.4, 0.5) is 5.95 Å². The molecule has 3 aromatic rings. The molecule has 3 heterocycles. The van der Waals surface area contributed by atoms with Crippen molar-refractivity contribution in [1.29, 1.82) is 0 Å². The number of benzene rings is 1. The second-order valence-electron chi connectivity index (χ2n) is 6.42. The molecule has 2 aromatic heterocycles. The van der Waals surface area contributed by atoms with Gasteiger partial charge in [0.15, 0.2) is 17.6 Å². The SMILES string of the molecule is Cc1nn(C)cc1-c1ccnc(N(C)CC2COc3ccccc3O2)n1. The topological polar surface area (TPSA) is 65.3 Å². The molecule has 0 aliphatic carbocycles. The molecule has 0 radical (unpaired) electrons. The molecule has 1 aromatic carbocycles. The van der Waals surface area contributed by atoms with Crippen molar-refractivity contribution in [1.82, 2.24) is 19.7 Å². The number of anilines is 1. The van der Waals surface area contributed by atoms with Crippen molar-refractivity contribution < 1.29 is 9.47 Å². The van der Waals surface area contributed by atoms with Crippen molar-refractivity contribution in [2.24, 2.45) is 7.05 Å². The summed E-state index contributed by atoms with van der Waals surface area (Å²) in [5.41, 5.74) is 2.81. The zero-order valence-corrected chi connectivity index (χ0v) is 15.1. The second kappa shape index (κ2) is 6.67. The van der Waals surface area contributed by atoms with Crippen molar-refractivity contribution in [2.75, 3.05) is 25.1 Å². The number of aryl methyl sites for hydroxylation is 2. The zero-order chi connectivity index (χ0) is 18.1. The first kappa shape index (κ1) is 16.4. The van der Waals surface area contributed by atoms with E-state index in [1.807, 2.05) is 62.4 Å². The molecule has 0 N–H and O–H groups in total. The molecule has 0 spiro atoms. The first-order chi connectivity index (χ1) is 12.6. The average Bonchev–Trinajstić information content (AvgIpc) is 3.00.